The Hall–Kier alpha value is -3.05. The fraction of sp³-hybridized carbons (Fsp3) is 0.185. The van der Waals surface area contributed by atoms with Gasteiger partial charge in [0.05, 0.1) is 16.3 Å². The third-order valence-corrected chi connectivity index (χ3v) is 7.23. The van der Waals surface area contributed by atoms with Crippen molar-refractivity contribution in [1.29, 1.82) is 0 Å². The van der Waals surface area contributed by atoms with Crippen molar-refractivity contribution in [2.24, 2.45) is 0 Å². The molecule has 0 aliphatic rings. The van der Waals surface area contributed by atoms with Gasteiger partial charge in [-0.05, 0) is 74.7 Å². The number of nitrogens with zero attached hydrogens (tertiary/aromatic N) is 2. The number of urea groups is 1. The van der Waals surface area contributed by atoms with Gasteiger partial charge in [-0.2, -0.15) is 5.10 Å². The zero-order valence-electron chi connectivity index (χ0n) is 21.5. The number of benzene rings is 3. The molecule has 193 valence electrons. The molecule has 4 rings (SSSR count). The van der Waals surface area contributed by atoms with E-state index in [0.717, 1.165) is 28.6 Å². The maximum Gasteiger partial charge on any atom is 0.328 e. The van der Waals surface area contributed by atoms with Gasteiger partial charge in [0, 0.05) is 53.4 Å². The number of sulfonamides is 1. The van der Waals surface area contributed by atoms with E-state index in [-0.39, 0.29) is 41.0 Å². The van der Waals surface area contributed by atoms with Crippen LogP contribution in [0, 0.1) is 32.4 Å². The van der Waals surface area contributed by atoms with Crippen LogP contribution in [0.15, 0.2) is 71.6 Å². The van der Waals surface area contributed by atoms with Gasteiger partial charge in [0.1, 0.15) is 11.6 Å². The van der Waals surface area contributed by atoms with Crippen molar-refractivity contribution in [2.75, 3.05) is 6.54 Å². The molecule has 1 radical (unpaired) electrons. The number of hydrogen-bond acceptors (Lipinski definition) is 4. The molecule has 0 saturated heterocycles. The van der Waals surface area contributed by atoms with Gasteiger partial charge < -0.3 is 5.32 Å². The maximum absolute atomic E-state index is 13.7. The van der Waals surface area contributed by atoms with Gasteiger partial charge in [0.2, 0.25) is 0 Å². The molecule has 0 aliphatic heterocycles. The third kappa shape index (κ3) is 6.87. The number of aromatic nitrogens is 2. The molecule has 1 heterocycles. The van der Waals surface area contributed by atoms with Crippen LogP contribution in [-0.2, 0) is 16.4 Å². The monoisotopic (exact) mass is 547 g/mol. The second-order valence-corrected chi connectivity index (χ2v) is 10.4. The Balaban J connectivity index is 0.00000400. The Labute approximate surface area is 242 Å². The zero-order valence-corrected chi connectivity index (χ0v) is 24.4. The minimum absolute atomic E-state index is 0. The summed E-state index contributed by atoms with van der Waals surface area (Å²) in [6, 6.07) is 16.2. The van der Waals surface area contributed by atoms with Crippen molar-refractivity contribution in [3.63, 3.8) is 0 Å². The van der Waals surface area contributed by atoms with E-state index in [1.807, 2.05) is 42.8 Å². The van der Waals surface area contributed by atoms with Crippen molar-refractivity contribution < 1.29 is 22.0 Å². The van der Waals surface area contributed by atoms with Crippen molar-refractivity contribution in [3.8, 4) is 16.8 Å². The predicted molar refractivity (Wildman–Crippen MR) is 143 cm³/mol. The van der Waals surface area contributed by atoms with Gasteiger partial charge in [-0.25, -0.2) is 31.4 Å². The summed E-state index contributed by atoms with van der Waals surface area (Å²) in [5.74, 6) is -1.30. The summed E-state index contributed by atoms with van der Waals surface area (Å²) in [5, 5.41) is 7.10. The van der Waals surface area contributed by atoms with Crippen LogP contribution in [0.4, 0.5) is 13.6 Å². The van der Waals surface area contributed by atoms with Gasteiger partial charge >= 0.3 is 6.03 Å². The molecule has 0 atom stereocenters. The van der Waals surface area contributed by atoms with E-state index in [1.165, 1.54) is 24.3 Å². The molecule has 0 unspecified atom stereocenters. The predicted octanol–water partition coefficient (Wildman–Crippen LogP) is 4.59. The molecule has 0 bridgehead atoms. The number of amides is 2. The van der Waals surface area contributed by atoms with E-state index >= 15 is 0 Å². The third-order valence-electron chi connectivity index (χ3n) is 5.88. The van der Waals surface area contributed by atoms with Crippen molar-refractivity contribution >= 4 is 45.6 Å². The van der Waals surface area contributed by atoms with Crippen LogP contribution in [-0.4, -0.2) is 60.3 Å². The number of carbonyl (C=O) groups excluding carboxylic acids is 1. The summed E-state index contributed by atoms with van der Waals surface area (Å²) < 4.78 is 55.8. The van der Waals surface area contributed by atoms with E-state index < -0.39 is 27.7 Å². The first-order valence-corrected chi connectivity index (χ1v) is 13.0. The Morgan fingerprint density at radius 2 is 1.53 bits per heavy atom. The van der Waals surface area contributed by atoms with Gasteiger partial charge in [-0.3, -0.25) is 0 Å². The zero-order chi connectivity index (χ0) is 26.7. The molecule has 0 aliphatic carbocycles. The van der Waals surface area contributed by atoms with Gasteiger partial charge in [-0.15, -0.1) is 0 Å². The van der Waals surface area contributed by atoms with E-state index in [2.05, 4.69) is 10.4 Å². The second-order valence-electron chi connectivity index (χ2n) is 8.71. The van der Waals surface area contributed by atoms with Gasteiger partial charge in [0.15, 0.2) is 0 Å². The fourth-order valence-corrected chi connectivity index (χ4v) is 5.00. The average Bonchev–Trinajstić information content (AvgIpc) is 3.12. The van der Waals surface area contributed by atoms with E-state index in [9.17, 15) is 22.0 Å². The molecule has 3 aromatic carbocycles. The van der Waals surface area contributed by atoms with Crippen molar-refractivity contribution in [2.45, 2.75) is 32.1 Å². The number of halogens is 2. The second kappa shape index (κ2) is 12.2. The first kappa shape index (κ1) is 29.5. The van der Waals surface area contributed by atoms with E-state index in [0.29, 0.717) is 23.2 Å². The molecule has 7 nitrogen and oxygen atoms in total. The maximum atomic E-state index is 13.7. The van der Waals surface area contributed by atoms with E-state index in [4.69, 9.17) is 0 Å². The van der Waals surface area contributed by atoms with Crippen LogP contribution >= 0.6 is 0 Å². The first-order chi connectivity index (χ1) is 17.5. The minimum Gasteiger partial charge on any atom is -0.337 e. The Morgan fingerprint density at radius 1 is 0.921 bits per heavy atom. The summed E-state index contributed by atoms with van der Waals surface area (Å²) >= 11 is 0. The van der Waals surface area contributed by atoms with Crippen LogP contribution in [0.5, 0.6) is 0 Å². The molecular weight excluding hydrogens is 521 g/mol. The molecule has 4 aromatic rings. The number of aryl methyl sites for hydroxylation is 2. The topological polar surface area (TPSA) is 93.1 Å². The van der Waals surface area contributed by atoms with Crippen molar-refractivity contribution in [3.05, 3.63) is 101 Å². The van der Waals surface area contributed by atoms with Gasteiger partial charge in [-0.1, -0.05) is 29.8 Å². The summed E-state index contributed by atoms with van der Waals surface area (Å²) in [6.07, 6.45) is 0.475. The number of rotatable bonds is 7. The Bertz CT molecular complexity index is 1530. The molecule has 38 heavy (non-hydrogen) atoms. The quantitative estimate of drug-likeness (QED) is 0.331. The smallest absolute Gasteiger partial charge is 0.328 e. The Morgan fingerprint density at radius 3 is 2.13 bits per heavy atom. The normalized spacial score (nSPS) is 11.1. The number of hydrogen-bond donors (Lipinski definition) is 2. The summed E-state index contributed by atoms with van der Waals surface area (Å²) in [4.78, 5) is 12.1. The first-order valence-electron chi connectivity index (χ1n) is 11.5. The molecule has 0 saturated carbocycles. The van der Waals surface area contributed by atoms with Crippen LogP contribution in [0.2, 0.25) is 0 Å². The summed E-state index contributed by atoms with van der Waals surface area (Å²) in [6.45, 7) is 5.68. The molecular formula is C27H26F2N4NaO3S. The molecule has 2 N–H and O–H groups in total. The van der Waals surface area contributed by atoms with E-state index in [1.54, 1.807) is 23.7 Å². The van der Waals surface area contributed by atoms with Crippen LogP contribution in [0.3, 0.4) is 0 Å². The number of carbonyl (C=O) groups is 1. The standard InChI is InChI=1S/C27H26F2N4O3S.Na/c1-17-4-10-25(11-5-17)37(35,36)32-27(34)30-13-12-20-6-8-24(9-7-20)33-19(3)26(18(2)31-33)21-14-22(28)16-23(29)15-21;/h4-11,14-16H,12-13H2,1-3H3,(H2,30,32,34);. The minimum atomic E-state index is -3.95. The largest absolute Gasteiger partial charge is 0.337 e. The molecule has 2 amide bonds. The molecule has 0 fully saturated rings. The Kier molecular flexibility index (Phi) is 9.48. The van der Waals surface area contributed by atoms with Crippen molar-refractivity contribution in [1.82, 2.24) is 19.8 Å². The molecule has 1 aromatic heterocycles. The van der Waals surface area contributed by atoms with Gasteiger partial charge in [0.25, 0.3) is 10.0 Å². The molecule has 0 spiro atoms. The average molecular weight is 548 g/mol. The summed E-state index contributed by atoms with van der Waals surface area (Å²) in [7, 11) is -3.95. The SMILES string of the molecule is Cc1ccc(S(=O)(=O)NC(=O)NCCc2ccc(-n3nc(C)c(-c4cc(F)cc(F)c4)c3C)cc2)cc1.[Na]. The van der Waals surface area contributed by atoms with Crippen LogP contribution < -0.4 is 10.0 Å². The number of nitrogens with one attached hydrogen (secondary N) is 2. The molecule has 11 heteroatoms. The van der Waals surface area contributed by atoms with Crippen LogP contribution in [0.1, 0.15) is 22.5 Å². The van der Waals surface area contributed by atoms with Crippen LogP contribution in [0.25, 0.3) is 16.8 Å². The summed E-state index contributed by atoms with van der Waals surface area (Å²) in [5.41, 5.74) is 5.06. The fourth-order valence-electron chi connectivity index (χ4n) is 4.07.